The van der Waals surface area contributed by atoms with Crippen molar-refractivity contribution in [1.82, 2.24) is 24.8 Å². The lowest BCUT2D eigenvalue weighted by atomic mass is 10.1. The van der Waals surface area contributed by atoms with Crippen molar-refractivity contribution in [3.05, 3.63) is 89.1 Å². The van der Waals surface area contributed by atoms with Crippen LogP contribution in [0.3, 0.4) is 0 Å². The van der Waals surface area contributed by atoms with Crippen molar-refractivity contribution in [3.63, 3.8) is 0 Å². The van der Waals surface area contributed by atoms with E-state index >= 15 is 0 Å². The van der Waals surface area contributed by atoms with Gasteiger partial charge in [-0.1, -0.05) is 24.8 Å². The number of phenolic OH excluding ortho intramolecular Hbond substituents is 1. The molecule has 15 heteroatoms. The molecule has 1 N–H and O–H groups in total. The molecule has 0 saturated carbocycles. The third kappa shape index (κ3) is 7.98. The third-order valence-corrected chi connectivity index (χ3v) is 12.3. The molecule has 13 nitrogen and oxygen atoms in total. The maximum Gasteiger partial charge on any atom is 0.323 e. The van der Waals surface area contributed by atoms with Gasteiger partial charge in [-0.15, -0.1) is 22.7 Å². The lowest BCUT2D eigenvalue weighted by molar-refractivity contribution is -0.151. The average molecular weight is 804 g/mol. The molecule has 0 spiro atoms. The minimum Gasteiger partial charge on any atom is -0.508 e. The summed E-state index contributed by atoms with van der Waals surface area (Å²) in [4.78, 5) is 49.5. The van der Waals surface area contributed by atoms with Gasteiger partial charge in [-0.05, 0) is 64.4 Å². The molecule has 0 amide bonds. The van der Waals surface area contributed by atoms with E-state index in [1.165, 1.54) is 6.08 Å². The number of aromatic nitrogens is 4. The Labute approximate surface area is 337 Å². The normalized spacial score (nSPS) is 19.5. The first-order valence-corrected chi connectivity index (χ1v) is 20.8. The first-order valence-electron chi connectivity index (χ1n) is 19.1. The van der Waals surface area contributed by atoms with Crippen LogP contribution in [0.2, 0.25) is 0 Å². The number of hydrogen-bond acceptors (Lipinski definition) is 15. The fraction of sp³-hybridized carbons (Fsp3) is 0.333. The molecule has 2 atom stereocenters. The zero-order valence-electron chi connectivity index (χ0n) is 31.2. The number of thiophene rings is 2. The second kappa shape index (κ2) is 16.3. The van der Waals surface area contributed by atoms with Crippen molar-refractivity contribution in [2.45, 2.75) is 31.5 Å². The molecular weight excluding hydrogens is 763 g/mol. The van der Waals surface area contributed by atoms with Crippen LogP contribution in [-0.4, -0.2) is 113 Å². The lowest BCUT2D eigenvalue weighted by Crippen LogP contribution is -2.39. The molecule has 4 aliphatic heterocycles. The maximum absolute atomic E-state index is 11.9. The zero-order valence-corrected chi connectivity index (χ0v) is 32.8. The van der Waals surface area contributed by atoms with Crippen molar-refractivity contribution in [2.75, 3.05) is 69.0 Å². The SMILES string of the molecule is C=CC(=O)Cc1cccc(-c2nc(N3CCOCC3)c3sccc3n2)c1.O=C1O[C@H]2C[C@@H]1N(Cc1cc(O)cc(-c3nc(N4CCOCC4)c4sccc4n3)c1)C2. The van der Waals surface area contributed by atoms with Crippen LogP contribution in [0.4, 0.5) is 11.6 Å². The molecule has 292 valence electrons. The molecule has 6 aromatic rings. The Morgan fingerprint density at radius 3 is 2.02 bits per heavy atom. The lowest BCUT2D eigenvalue weighted by Gasteiger charge is -2.28. The Morgan fingerprint density at radius 1 is 0.807 bits per heavy atom. The summed E-state index contributed by atoms with van der Waals surface area (Å²) in [5, 5.41) is 14.5. The fourth-order valence-corrected chi connectivity index (χ4v) is 9.46. The molecule has 2 bridgehead atoms. The number of fused-ring (bicyclic) bond motifs is 4. The van der Waals surface area contributed by atoms with E-state index in [9.17, 15) is 14.7 Å². The van der Waals surface area contributed by atoms with Gasteiger partial charge in [-0.2, -0.15) is 0 Å². The highest BCUT2D eigenvalue weighted by Gasteiger charge is 2.46. The summed E-state index contributed by atoms with van der Waals surface area (Å²) >= 11 is 3.30. The van der Waals surface area contributed by atoms with Gasteiger partial charge in [0.15, 0.2) is 29.1 Å². The van der Waals surface area contributed by atoms with Crippen LogP contribution in [0.1, 0.15) is 17.5 Å². The summed E-state index contributed by atoms with van der Waals surface area (Å²) in [5.41, 5.74) is 5.41. The van der Waals surface area contributed by atoms with Gasteiger partial charge in [0, 0.05) is 63.2 Å². The van der Waals surface area contributed by atoms with E-state index in [-0.39, 0.29) is 29.6 Å². The van der Waals surface area contributed by atoms with Gasteiger partial charge >= 0.3 is 5.97 Å². The number of nitrogens with zero attached hydrogens (tertiary/aromatic N) is 7. The number of aromatic hydroxyl groups is 1. The van der Waals surface area contributed by atoms with Crippen LogP contribution >= 0.6 is 22.7 Å². The van der Waals surface area contributed by atoms with Crippen LogP contribution < -0.4 is 9.80 Å². The van der Waals surface area contributed by atoms with E-state index in [2.05, 4.69) is 21.3 Å². The molecule has 4 aliphatic rings. The predicted molar refractivity (Wildman–Crippen MR) is 221 cm³/mol. The number of rotatable bonds is 9. The molecule has 0 unspecified atom stereocenters. The molecule has 0 aliphatic carbocycles. The zero-order chi connectivity index (χ0) is 38.9. The summed E-state index contributed by atoms with van der Waals surface area (Å²) in [6.45, 7) is 10.9. The summed E-state index contributed by atoms with van der Waals surface area (Å²) in [6, 6.07) is 17.2. The standard InChI is InChI=1S/C22H22N4O4S.C20H19N3O2S/c27-15-8-13(11-26-12-16-10-18(26)22(28)30-16)7-14(9-15)20-23-17-1-6-31-19(17)21(24-20)25-2-4-29-5-3-25;1-2-16(24)13-14-4-3-5-15(12-14)19-21-17-6-11-26-18(17)20(22-19)23-7-9-25-10-8-23/h1,6-9,16,18,27H,2-5,10-12H2;2-6,11-12H,1,7-10,13H2/t16-,18-;/m0./s1. The van der Waals surface area contributed by atoms with Crippen LogP contribution in [-0.2, 0) is 36.8 Å². The first kappa shape index (κ1) is 37.3. The van der Waals surface area contributed by atoms with Crippen LogP contribution in [0.5, 0.6) is 5.75 Å². The first-order chi connectivity index (χ1) is 27.9. The number of hydrogen-bond donors (Lipinski definition) is 1. The number of ketones is 1. The largest absolute Gasteiger partial charge is 0.508 e. The van der Waals surface area contributed by atoms with Crippen molar-refractivity contribution < 1.29 is 28.9 Å². The monoisotopic (exact) mass is 803 g/mol. The van der Waals surface area contributed by atoms with E-state index < -0.39 is 0 Å². The molecule has 4 saturated heterocycles. The van der Waals surface area contributed by atoms with E-state index in [0.29, 0.717) is 51.0 Å². The topological polar surface area (TPSA) is 143 Å². The number of carbonyl (C=O) groups excluding carboxylic acids is 2. The molecule has 8 heterocycles. The van der Waals surface area contributed by atoms with E-state index in [1.54, 1.807) is 34.8 Å². The van der Waals surface area contributed by atoms with Gasteiger partial charge in [0.25, 0.3) is 0 Å². The molecule has 57 heavy (non-hydrogen) atoms. The van der Waals surface area contributed by atoms with Crippen molar-refractivity contribution in [2.24, 2.45) is 0 Å². The van der Waals surface area contributed by atoms with Crippen LogP contribution in [0, 0.1) is 0 Å². The number of ether oxygens (including phenoxy) is 3. The summed E-state index contributed by atoms with van der Waals surface area (Å²) in [6.07, 6.45) is 2.45. The number of carbonyl (C=O) groups is 2. The van der Waals surface area contributed by atoms with Crippen LogP contribution in [0.15, 0.2) is 78.0 Å². The van der Waals surface area contributed by atoms with Gasteiger partial charge in [0.05, 0.1) is 46.9 Å². The number of likely N-dealkylation sites (tertiary alicyclic amines) is 1. The van der Waals surface area contributed by atoms with Gasteiger partial charge in [-0.25, -0.2) is 19.9 Å². The Balaban J connectivity index is 0.000000151. The minimum atomic E-state index is -0.179. The third-order valence-electron chi connectivity index (χ3n) is 10.5. The Morgan fingerprint density at radius 2 is 1.42 bits per heavy atom. The van der Waals surface area contributed by atoms with E-state index in [4.69, 9.17) is 34.1 Å². The number of phenols is 1. The molecule has 10 rings (SSSR count). The molecule has 2 aromatic carbocycles. The quantitative estimate of drug-likeness (QED) is 0.137. The second-order valence-corrected chi connectivity index (χ2v) is 16.2. The average Bonchev–Trinajstić information content (AvgIpc) is 4.06. The number of allylic oxidation sites excluding steroid dienone is 1. The van der Waals surface area contributed by atoms with Crippen LogP contribution in [0.25, 0.3) is 43.2 Å². The molecule has 0 radical (unpaired) electrons. The Hall–Kier alpha value is -5.32. The molecule has 4 fully saturated rings. The van der Waals surface area contributed by atoms with Gasteiger partial charge in [0.1, 0.15) is 17.9 Å². The highest BCUT2D eigenvalue weighted by Crippen LogP contribution is 2.36. The highest BCUT2D eigenvalue weighted by atomic mass is 32.1. The maximum atomic E-state index is 11.9. The van der Waals surface area contributed by atoms with Gasteiger partial charge in [0.2, 0.25) is 0 Å². The second-order valence-electron chi connectivity index (χ2n) is 14.4. The number of anilines is 2. The van der Waals surface area contributed by atoms with Gasteiger partial charge in [-0.3, -0.25) is 14.5 Å². The number of morpholine rings is 3. The van der Waals surface area contributed by atoms with E-state index in [1.807, 2.05) is 53.2 Å². The number of benzene rings is 2. The fourth-order valence-electron chi connectivity index (χ4n) is 7.77. The molecule has 4 aromatic heterocycles. The Kier molecular flexibility index (Phi) is 10.6. The van der Waals surface area contributed by atoms with E-state index in [0.717, 1.165) is 93.5 Å². The summed E-state index contributed by atoms with van der Waals surface area (Å²) < 4.78 is 18.4. The number of esters is 1. The van der Waals surface area contributed by atoms with Crippen molar-refractivity contribution in [1.29, 1.82) is 0 Å². The van der Waals surface area contributed by atoms with Gasteiger partial charge < -0.3 is 29.1 Å². The van der Waals surface area contributed by atoms with Crippen molar-refractivity contribution >= 4 is 66.5 Å². The highest BCUT2D eigenvalue weighted by molar-refractivity contribution is 7.18. The minimum absolute atomic E-state index is 0.00492. The summed E-state index contributed by atoms with van der Waals surface area (Å²) in [5.74, 6) is 3.20. The smallest absolute Gasteiger partial charge is 0.323 e. The molecular formula is C42H41N7O6S2. The summed E-state index contributed by atoms with van der Waals surface area (Å²) in [7, 11) is 0. The Bertz CT molecular complexity index is 2460. The predicted octanol–water partition coefficient (Wildman–Crippen LogP) is 5.89. The van der Waals surface area contributed by atoms with Crippen molar-refractivity contribution in [3.8, 4) is 28.5 Å².